The number of hydrogen-bond donors (Lipinski definition) is 1. The quantitative estimate of drug-likeness (QED) is 0.606. The number of thioether (sulfide) groups is 1. The van der Waals surface area contributed by atoms with Crippen molar-refractivity contribution in [2.24, 2.45) is 0 Å². The molecule has 1 atom stereocenters. The molecule has 1 amide bonds. The minimum Gasteiger partial charge on any atom is -0.411 e. The lowest BCUT2D eigenvalue weighted by Crippen LogP contribution is -2.22. The number of hydrogen-bond acceptors (Lipinski definition) is 5. The minimum absolute atomic E-state index is 0.102. The van der Waals surface area contributed by atoms with Crippen LogP contribution < -0.4 is 5.32 Å². The number of amides is 1. The van der Waals surface area contributed by atoms with Crippen molar-refractivity contribution in [3.63, 3.8) is 0 Å². The van der Waals surface area contributed by atoms with E-state index in [1.165, 1.54) is 28.5 Å². The van der Waals surface area contributed by atoms with Crippen molar-refractivity contribution in [3.05, 3.63) is 59.2 Å². The first kappa shape index (κ1) is 19.2. The standard InChI is InChI=1S/C21H23N3O2S/c1-5-16-7-10-18(11-8-16)22-19(25)15(4)27-21-24-23-20(26-21)17-9-6-13(2)14(3)12-17/h6-12,15H,5H2,1-4H3,(H,22,25)/t15-/m0/s1. The molecule has 0 aliphatic rings. The highest BCUT2D eigenvalue weighted by Crippen LogP contribution is 2.27. The van der Waals surface area contributed by atoms with Crippen LogP contribution in [0.1, 0.15) is 30.5 Å². The summed E-state index contributed by atoms with van der Waals surface area (Å²) in [7, 11) is 0. The van der Waals surface area contributed by atoms with E-state index in [0.717, 1.165) is 17.7 Å². The molecule has 6 heteroatoms. The number of rotatable bonds is 6. The van der Waals surface area contributed by atoms with Gasteiger partial charge in [0.25, 0.3) is 5.22 Å². The molecule has 0 saturated carbocycles. The summed E-state index contributed by atoms with van der Waals surface area (Å²) >= 11 is 1.25. The molecule has 0 unspecified atom stereocenters. The van der Waals surface area contributed by atoms with Crippen molar-refractivity contribution >= 4 is 23.4 Å². The van der Waals surface area contributed by atoms with Crippen LogP contribution in [-0.4, -0.2) is 21.4 Å². The van der Waals surface area contributed by atoms with E-state index in [0.29, 0.717) is 11.1 Å². The summed E-state index contributed by atoms with van der Waals surface area (Å²) in [6.45, 7) is 8.03. The molecule has 2 aromatic carbocycles. The zero-order valence-electron chi connectivity index (χ0n) is 15.9. The number of aromatic nitrogens is 2. The first-order valence-corrected chi connectivity index (χ1v) is 9.82. The van der Waals surface area contributed by atoms with Gasteiger partial charge in [0.2, 0.25) is 11.8 Å². The van der Waals surface area contributed by atoms with Crippen molar-refractivity contribution in [1.29, 1.82) is 0 Å². The first-order chi connectivity index (χ1) is 13.0. The molecule has 140 valence electrons. The van der Waals surface area contributed by atoms with Gasteiger partial charge in [-0.3, -0.25) is 4.79 Å². The van der Waals surface area contributed by atoms with Gasteiger partial charge in [0.15, 0.2) is 0 Å². The number of nitrogens with zero attached hydrogens (tertiary/aromatic N) is 2. The molecule has 5 nitrogen and oxygen atoms in total. The van der Waals surface area contributed by atoms with E-state index in [1.807, 2.05) is 56.3 Å². The Labute approximate surface area is 163 Å². The zero-order valence-corrected chi connectivity index (χ0v) is 16.8. The van der Waals surface area contributed by atoms with E-state index in [-0.39, 0.29) is 11.2 Å². The molecule has 1 heterocycles. The Kier molecular flexibility index (Phi) is 5.96. The summed E-state index contributed by atoms with van der Waals surface area (Å²) in [6.07, 6.45) is 0.973. The minimum atomic E-state index is -0.357. The van der Waals surface area contributed by atoms with Gasteiger partial charge in [-0.25, -0.2) is 0 Å². The number of nitrogens with one attached hydrogen (secondary N) is 1. The molecule has 0 aliphatic heterocycles. The molecule has 3 aromatic rings. The third-order valence-electron chi connectivity index (χ3n) is 4.44. The topological polar surface area (TPSA) is 68.0 Å². The zero-order chi connectivity index (χ0) is 19.4. The van der Waals surface area contributed by atoms with Crippen molar-refractivity contribution in [2.75, 3.05) is 5.32 Å². The Morgan fingerprint density at radius 3 is 2.52 bits per heavy atom. The number of carbonyl (C=O) groups excluding carboxylic acids is 1. The molecule has 0 fully saturated rings. The van der Waals surface area contributed by atoms with Crippen LogP contribution in [0.4, 0.5) is 5.69 Å². The average Bonchev–Trinajstić information content (AvgIpc) is 3.13. The van der Waals surface area contributed by atoms with Crippen LogP contribution in [0.15, 0.2) is 52.1 Å². The van der Waals surface area contributed by atoms with Crippen LogP contribution in [0.3, 0.4) is 0 Å². The van der Waals surface area contributed by atoms with E-state index in [2.05, 4.69) is 29.4 Å². The second-order valence-electron chi connectivity index (χ2n) is 6.47. The van der Waals surface area contributed by atoms with Crippen LogP contribution in [0, 0.1) is 13.8 Å². The highest BCUT2D eigenvalue weighted by molar-refractivity contribution is 8.00. The molecule has 0 bridgehead atoms. The summed E-state index contributed by atoms with van der Waals surface area (Å²) in [6, 6.07) is 13.9. The van der Waals surface area contributed by atoms with Crippen LogP contribution in [0.5, 0.6) is 0 Å². The molecule has 0 radical (unpaired) electrons. The van der Waals surface area contributed by atoms with Crippen molar-refractivity contribution < 1.29 is 9.21 Å². The Hall–Kier alpha value is -2.60. The predicted molar refractivity (Wildman–Crippen MR) is 109 cm³/mol. The van der Waals surface area contributed by atoms with Crippen LogP contribution in [0.2, 0.25) is 0 Å². The maximum Gasteiger partial charge on any atom is 0.277 e. The van der Waals surface area contributed by atoms with Crippen LogP contribution >= 0.6 is 11.8 Å². The van der Waals surface area contributed by atoms with Crippen LogP contribution in [0.25, 0.3) is 11.5 Å². The van der Waals surface area contributed by atoms with Gasteiger partial charge in [-0.2, -0.15) is 0 Å². The lowest BCUT2D eigenvalue weighted by molar-refractivity contribution is -0.115. The first-order valence-electron chi connectivity index (χ1n) is 8.94. The Morgan fingerprint density at radius 2 is 1.85 bits per heavy atom. The maximum absolute atomic E-state index is 12.4. The second kappa shape index (κ2) is 8.39. The fourth-order valence-electron chi connectivity index (χ4n) is 2.52. The maximum atomic E-state index is 12.4. The Morgan fingerprint density at radius 1 is 1.11 bits per heavy atom. The van der Waals surface area contributed by atoms with E-state index >= 15 is 0 Å². The van der Waals surface area contributed by atoms with Gasteiger partial charge in [0.1, 0.15) is 0 Å². The number of aryl methyl sites for hydroxylation is 3. The van der Waals surface area contributed by atoms with E-state index in [1.54, 1.807) is 0 Å². The molecule has 1 aromatic heterocycles. The SMILES string of the molecule is CCc1ccc(NC(=O)[C@H](C)Sc2nnc(-c3ccc(C)c(C)c3)o2)cc1. The van der Waals surface area contributed by atoms with Crippen molar-refractivity contribution in [1.82, 2.24) is 10.2 Å². The van der Waals surface area contributed by atoms with E-state index < -0.39 is 0 Å². The molecule has 1 N–H and O–H groups in total. The Balaban J connectivity index is 1.63. The summed E-state index contributed by atoms with van der Waals surface area (Å²) in [5.41, 5.74) is 5.28. The highest BCUT2D eigenvalue weighted by Gasteiger charge is 2.19. The number of anilines is 1. The molecular weight excluding hydrogens is 358 g/mol. The van der Waals surface area contributed by atoms with Crippen molar-refractivity contribution in [2.45, 2.75) is 44.6 Å². The smallest absolute Gasteiger partial charge is 0.277 e. The van der Waals surface area contributed by atoms with E-state index in [4.69, 9.17) is 4.42 Å². The van der Waals surface area contributed by atoms with Gasteiger partial charge < -0.3 is 9.73 Å². The van der Waals surface area contributed by atoms with E-state index in [9.17, 15) is 4.79 Å². The number of carbonyl (C=O) groups is 1. The third-order valence-corrected chi connectivity index (χ3v) is 5.37. The molecule has 27 heavy (non-hydrogen) atoms. The molecule has 3 rings (SSSR count). The monoisotopic (exact) mass is 381 g/mol. The Bertz CT molecular complexity index is 935. The highest BCUT2D eigenvalue weighted by atomic mass is 32.2. The summed E-state index contributed by atoms with van der Waals surface area (Å²) in [5, 5.41) is 11.1. The fraction of sp³-hybridized carbons (Fsp3) is 0.286. The summed E-state index contributed by atoms with van der Waals surface area (Å²) < 4.78 is 5.73. The third kappa shape index (κ3) is 4.77. The van der Waals surface area contributed by atoms with Gasteiger partial charge in [0, 0.05) is 11.3 Å². The average molecular weight is 382 g/mol. The van der Waals surface area contributed by atoms with Gasteiger partial charge in [-0.05, 0) is 68.1 Å². The van der Waals surface area contributed by atoms with Gasteiger partial charge >= 0.3 is 0 Å². The summed E-state index contributed by atoms with van der Waals surface area (Å²) in [5.74, 6) is 0.360. The normalized spacial score (nSPS) is 12.0. The fourth-order valence-corrected chi connectivity index (χ4v) is 3.20. The van der Waals surface area contributed by atoms with Crippen LogP contribution in [-0.2, 0) is 11.2 Å². The lowest BCUT2D eigenvalue weighted by atomic mass is 10.1. The predicted octanol–water partition coefficient (Wildman–Crippen LogP) is 5.04. The molecule has 0 spiro atoms. The molecule has 0 saturated heterocycles. The van der Waals surface area contributed by atoms with Gasteiger partial charge in [-0.15, -0.1) is 10.2 Å². The van der Waals surface area contributed by atoms with Crippen molar-refractivity contribution in [3.8, 4) is 11.5 Å². The van der Waals surface area contributed by atoms with Gasteiger partial charge in [0.05, 0.1) is 5.25 Å². The largest absolute Gasteiger partial charge is 0.411 e. The second-order valence-corrected chi connectivity index (χ2v) is 7.76. The molecular formula is C21H23N3O2S. The number of benzene rings is 2. The summed E-state index contributed by atoms with van der Waals surface area (Å²) in [4.78, 5) is 12.4. The van der Waals surface area contributed by atoms with Gasteiger partial charge in [-0.1, -0.05) is 36.9 Å². The lowest BCUT2D eigenvalue weighted by Gasteiger charge is -2.10. The molecule has 0 aliphatic carbocycles.